The van der Waals surface area contributed by atoms with Crippen molar-refractivity contribution in [2.75, 3.05) is 20.1 Å². The van der Waals surface area contributed by atoms with Crippen molar-refractivity contribution in [3.05, 3.63) is 42.2 Å². The third-order valence-corrected chi connectivity index (χ3v) is 3.98. The highest BCUT2D eigenvalue weighted by atomic mass is 16.1. The van der Waals surface area contributed by atoms with E-state index in [0.29, 0.717) is 6.04 Å². The molecule has 0 fully saturated rings. The fraction of sp³-hybridized carbons (Fsp3) is 0.429. The van der Waals surface area contributed by atoms with Gasteiger partial charge >= 0.3 is 0 Å². The summed E-state index contributed by atoms with van der Waals surface area (Å²) in [5, 5.41) is 11.3. The molecule has 0 spiro atoms. The van der Waals surface area contributed by atoms with Crippen molar-refractivity contribution in [1.29, 1.82) is 0 Å². The van der Waals surface area contributed by atoms with Gasteiger partial charge in [-0.1, -0.05) is 31.5 Å². The van der Waals surface area contributed by atoms with Crippen LogP contribution >= 0.6 is 0 Å². The number of rotatable bonds is 9. The van der Waals surface area contributed by atoms with Gasteiger partial charge in [0.05, 0.1) is 6.20 Å². The largest absolute Gasteiger partial charge is 0.315 e. The van der Waals surface area contributed by atoms with Crippen LogP contribution in [0, 0.1) is 12.8 Å². The topological polar surface area (TPSA) is 59.0 Å². The van der Waals surface area contributed by atoms with Gasteiger partial charge in [0.2, 0.25) is 0 Å². The number of benzene rings is 1. The van der Waals surface area contributed by atoms with E-state index in [4.69, 9.17) is 4.79 Å². The number of hydrogen-bond acceptors (Lipinski definition) is 4. The zero-order chi connectivity index (χ0) is 19.8. The molecular formula is C21H32N4O. The Kier molecular flexibility index (Phi) is 13.5. The van der Waals surface area contributed by atoms with E-state index in [1.54, 1.807) is 0 Å². The van der Waals surface area contributed by atoms with Crippen molar-refractivity contribution in [1.82, 2.24) is 20.4 Å². The van der Waals surface area contributed by atoms with Crippen LogP contribution in [0.2, 0.25) is 0 Å². The number of aromatic nitrogens is 2. The molecule has 0 saturated heterocycles. The normalized spacial score (nSPS) is 10.8. The fourth-order valence-corrected chi connectivity index (χ4v) is 2.56. The second kappa shape index (κ2) is 14.9. The van der Waals surface area contributed by atoms with Gasteiger partial charge in [0.25, 0.3) is 0 Å². The van der Waals surface area contributed by atoms with Crippen LogP contribution < -0.4 is 10.6 Å². The third kappa shape index (κ3) is 7.64. The number of nitrogens with zero attached hydrogens (tertiary/aromatic N) is 2. The van der Waals surface area contributed by atoms with Crippen molar-refractivity contribution in [3.8, 4) is 24.0 Å². The van der Waals surface area contributed by atoms with Crippen LogP contribution in [-0.4, -0.2) is 36.7 Å². The summed E-state index contributed by atoms with van der Waals surface area (Å²) in [5.41, 5.74) is 3.72. The molecule has 26 heavy (non-hydrogen) atoms. The molecule has 0 unspecified atom stereocenters. The molecule has 5 nitrogen and oxygen atoms in total. The van der Waals surface area contributed by atoms with Crippen molar-refractivity contribution in [2.45, 2.75) is 39.3 Å². The first-order valence-corrected chi connectivity index (χ1v) is 8.91. The maximum absolute atomic E-state index is 8.00. The van der Waals surface area contributed by atoms with E-state index in [1.807, 2.05) is 24.7 Å². The Hall–Kier alpha value is -2.42. The second-order valence-corrected chi connectivity index (χ2v) is 5.61. The molecule has 1 atom stereocenters. The molecular weight excluding hydrogens is 324 g/mol. The molecule has 0 bridgehead atoms. The molecule has 1 aromatic carbocycles. The molecule has 2 rings (SSSR count). The molecule has 0 aliphatic rings. The maximum Gasteiger partial charge on any atom is 0.106 e. The zero-order valence-electron chi connectivity index (χ0n) is 16.2. The van der Waals surface area contributed by atoms with Crippen molar-refractivity contribution in [3.63, 3.8) is 0 Å². The van der Waals surface area contributed by atoms with Crippen molar-refractivity contribution >= 4 is 6.79 Å². The number of terminal acetylenes is 1. The van der Waals surface area contributed by atoms with Gasteiger partial charge in [-0.25, -0.2) is 0 Å². The minimum atomic E-state index is 0.332. The summed E-state index contributed by atoms with van der Waals surface area (Å²) in [7, 11) is 2.02. The number of nitrogens with one attached hydrogen (secondary N) is 2. The van der Waals surface area contributed by atoms with Gasteiger partial charge in [0, 0.05) is 30.9 Å². The summed E-state index contributed by atoms with van der Waals surface area (Å²) < 4.78 is 1.96. The average Bonchev–Trinajstić information content (AvgIpc) is 3.21. The number of likely N-dealkylation sites (N-methyl/N-ethyl adjacent to an activating group) is 1. The van der Waals surface area contributed by atoms with Crippen LogP contribution in [0.5, 0.6) is 0 Å². The summed E-state index contributed by atoms with van der Waals surface area (Å²) >= 11 is 0. The number of carbonyl (C=O) groups is 1. The lowest BCUT2D eigenvalue weighted by molar-refractivity contribution is -0.0979. The van der Waals surface area contributed by atoms with Gasteiger partial charge < -0.3 is 15.4 Å². The molecule has 2 N–H and O–H groups in total. The summed E-state index contributed by atoms with van der Waals surface area (Å²) in [5.74, 6) is 0. The first-order valence-electron chi connectivity index (χ1n) is 8.91. The number of aryl methyl sites for hydroxylation is 1. The predicted octanol–water partition coefficient (Wildman–Crippen LogP) is 3.28. The first kappa shape index (κ1) is 23.6. The molecule has 1 aromatic heterocycles. The summed E-state index contributed by atoms with van der Waals surface area (Å²) in [6.45, 7) is 9.26. The second-order valence-electron chi connectivity index (χ2n) is 5.61. The molecule has 2 aromatic rings. The van der Waals surface area contributed by atoms with Gasteiger partial charge in [-0.3, -0.25) is 4.68 Å². The third-order valence-electron chi connectivity index (χ3n) is 3.98. The van der Waals surface area contributed by atoms with Gasteiger partial charge in [-0.15, -0.1) is 12.8 Å². The molecule has 5 heteroatoms. The molecule has 0 saturated carbocycles. The minimum absolute atomic E-state index is 0.332. The monoisotopic (exact) mass is 356 g/mol. The standard InChI is InChI=1S/C18H28N4.C2H2.CH2O/c1-4-6-10-20-13-18(19-3)16-9-7-8-15(11-16)17-12-21-22(5-2)14-17;2*1-2/h7-9,11-12,14,18-20H,4-6,10,13H2,1-3H3;1-2H;1H2/t18-;;/m0../s1. The Bertz CT molecular complexity index is 621. The molecule has 142 valence electrons. The Morgan fingerprint density at radius 2 is 1.96 bits per heavy atom. The van der Waals surface area contributed by atoms with Crippen LogP contribution in [0.3, 0.4) is 0 Å². The van der Waals surface area contributed by atoms with E-state index in [-0.39, 0.29) is 0 Å². The van der Waals surface area contributed by atoms with E-state index >= 15 is 0 Å². The number of unbranched alkanes of at least 4 members (excludes halogenated alkanes) is 1. The highest BCUT2D eigenvalue weighted by Gasteiger charge is 2.10. The fourth-order valence-electron chi connectivity index (χ4n) is 2.56. The molecule has 0 amide bonds. The summed E-state index contributed by atoms with van der Waals surface area (Å²) in [6, 6.07) is 9.07. The van der Waals surface area contributed by atoms with Crippen LogP contribution in [-0.2, 0) is 11.3 Å². The highest BCUT2D eigenvalue weighted by Crippen LogP contribution is 2.22. The summed E-state index contributed by atoms with van der Waals surface area (Å²) in [6.07, 6.45) is 14.5. The quantitative estimate of drug-likeness (QED) is 0.535. The Morgan fingerprint density at radius 3 is 2.54 bits per heavy atom. The first-order chi connectivity index (χ1) is 12.8. The van der Waals surface area contributed by atoms with Crippen LogP contribution in [0.1, 0.15) is 38.3 Å². The Labute approximate surface area is 158 Å². The average molecular weight is 357 g/mol. The van der Waals surface area contributed by atoms with E-state index < -0.39 is 0 Å². The minimum Gasteiger partial charge on any atom is -0.315 e. The lowest BCUT2D eigenvalue weighted by Gasteiger charge is -2.18. The smallest absolute Gasteiger partial charge is 0.106 e. The number of hydrogen-bond donors (Lipinski definition) is 2. The van der Waals surface area contributed by atoms with Gasteiger partial charge in [-0.2, -0.15) is 5.10 Å². The van der Waals surface area contributed by atoms with E-state index in [0.717, 1.165) is 19.6 Å². The summed E-state index contributed by atoms with van der Waals surface area (Å²) in [4.78, 5) is 8.00. The van der Waals surface area contributed by atoms with Crippen molar-refractivity contribution < 1.29 is 4.79 Å². The van der Waals surface area contributed by atoms with Crippen LogP contribution in [0.25, 0.3) is 11.1 Å². The van der Waals surface area contributed by atoms with Crippen LogP contribution in [0.4, 0.5) is 0 Å². The molecule has 0 aliphatic heterocycles. The van der Waals surface area contributed by atoms with Gasteiger partial charge in [0.1, 0.15) is 6.79 Å². The van der Waals surface area contributed by atoms with E-state index in [1.165, 1.54) is 29.5 Å². The van der Waals surface area contributed by atoms with Gasteiger partial charge in [0.15, 0.2) is 0 Å². The molecule has 1 heterocycles. The van der Waals surface area contributed by atoms with Crippen LogP contribution in [0.15, 0.2) is 36.7 Å². The zero-order valence-corrected chi connectivity index (χ0v) is 16.2. The predicted molar refractivity (Wildman–Crippen MR) is 110 cm³/mol. The number of carbonyl (C=O) groups excluding carboxylic acids is 1. The van der Waals surface area contributed by atoms with E-state index in [2.05, 4.69) is 72.9 Å². The lowest BCUT2D eigenvalue weighted by atomic mass is 10.0. The maximum atomic E-state index is 8.00. The van der Waals surface area contributed by atoms with Gasteiger partial charge in [-0.05, 0) is 44.1 Å². The Balaban J connectivity index is 0.00000146. The molecule has 0 radical (unpaired) electrons. The Morgan fingerprint density at radius 1 is 1.23 bits per heavy atom. The van der Waals surface area contributed by atoms with Crippen molar-refractivity contribution in [2.24, 2.45) is 0 Å². The van der Waals surface area contributed by atoms with E-state index in [9.17, 15) is 0 Å². The molecule has 0 aliphatic carbocycles. The highest BCUT2D eigenvalue weighted by molar-refractivity contribution is 5.62. The lowest BCUT2D eigenvalue weighted by Crippen LogP contribution is -2.30. The SMILES string of the molecule is C#C.C=O.CCCCNC[C@H](NC)c1cccc(-c2cnn(CC)c2)c1.